The van der Waals surface area contributed by atoms with Crippen molar-refractivity contribution in [2.24, 2.45) is 4.99 Å². The quantitative estimate of drug-likeness (QED) is 0.633. The van der Waals surface area contributed by atoms with Crippen molar-refractivity contribution in [2.45, 2.75) is 13.0 Å². The SMILES string of the molecule is COC(=O)C1=C(C)N=c2s/c(=C/c3ccc(O)c(OC)c3)c(=O)n2C1c1ccccc1. The number of hydrogen-bond donors (Lipinski definition) is 1. The van der Waals surface area contributed by atoms with E-state index in [1.807, 2.05) is 30.3 Å². The molecule has 2 aromatic carbocycles. The number of aromatic nitrogens is 1. The number of ether oxygens (including phenoxy) is 2. The zero-order valence-electron chi connectivity index (χ0n) is 17.2. The first-order chi connectivity index (χ1) is 14.9. The fraction of sp³-hybridized carbons (Fsp3) is 0.174. The van der Waals surface area contributed by atoms with Crippen molar-refractivity contribution in [3.05, 3.63) is 90.6 Å². The Balaban J connectivity index is 1.95. The van der Waals surface area contributed by atoms with Gasteiger partial charge in [0.2, 0.25) is 0 Å². The number of esters is 1. The standard InChI is InChI=1S/C23H20N2O5S/c1-13-19(22(28)30-3)20(15-7-5-4-6-8-15)25-21(27)18(31-23(25)24-13)12-14-9-10-16(26)17(11-14)29-2/h4-12,20,26H,1-3H3/b18-12+. The van der Waals surface area contributed by atoms with Crippen LogP contribution in [0.2, 0.25) is 0 Å². The normalized spacial score (nSPS) is 16.0. The van der Waals surface area contributed by atoms with E-state index < -0.39 is 12.0 Å². The topological polar surface area (TPSA) is 90.1 Å². The molecule has 0 fully saturated rings. The minimum absolute atomic E-state index is 0.0172. The summed E-state index contributed by atoms with van der Waals surface area (Å²) >= 11 is 1.24. The Morgan fingerprint density at radius 2 is 1.94 bits per heavy atom. The largest absolute Gasteiger partial charge is 0.504 e. The number of benzene rings is 2. The second kappa shape index (κ2) is 8.23. The van der Waals surface area contributed by atoms with Crippen LogP contribution in [0.5, 0.6) is 11.5 Å². The molecule has 0 saturated heterocycles. The van der Waals surface area contributed by atoms with Gasteiger partial charge in [-0.25, -0.2) is 9.79 Å². The molecule has 1 aliphatic heterocycles. The number of carbonyl (C=O) groups excluding carboxylic acids is 1. The minimum atomic E-state index is -0.638. The Morgan fingerprint density at radius 3 is 2.61 bits per heavy atom. The molecule has 4 rings (SSSR count). The van der Waals surface area contributed by atoms with Crippen LogP contribution < -0.4 is 19.6 Å². The molecule has 2 heterocycles. The Morgan fingerprint density at radius 1 is 1.19 bits per heavy atom. The molecule has 1 atom stereocenters. The average molecular weight is 436 g/mol. The van der Waals surface area contributed by atoms with Crippen molar-refractivity contribution in [1.29, 1.82) is 0 Å². The number of methoxy groups -OCH3 is 2. The fourth-order valence-electron chi connectivity index (χ4n) is 3.58. The zero-order valence-corrected chi connectivity index (χ0v) is 18.0. The predicted molar refractivity (Wildman–Crippen MR) is 117 cm³/mol. The van der Waals surface area contributed by atoms with E-state index in [0.29, 0.717) is 31.9 Å². The van der Waals surface area contributed by atoms with Gasteiger partial charge < -0.3 is 14.6 Å². The van der Waals surface area contributed by atoms with Gasteiger partial charge in [0.05, 0.1) is 36.1 Å². The second-order valence-electron chi connectivity index (χ2n) is 6.92. The van der Waals surface area contributed by atoms with E-state index in [0.717, 1.165) is 5.56 Å². The third-order valence-corrected chi connectivity index (χ3v) is 6.03. The maximum Gasteiger partial charge on any atom is 0.338 e. The molecule has 0 amide bonds. The van der Waals surface area contributed by atoms with Gasteiger partial charge in [-0.3, -0.25) is 9.36 Å². The first-order valence-corrected chi connectivity index (χ1v) is 10.3. The summed E-state index contributed by atoms with van der Waals surface area (Å²) in [5.74, 6) is -0.191. The van der Waals surface area contributed by atoms with Crippen LogP contribution in [0.4, 0.5) is 0 Å². The number of fused-ring (bicyclic) bond motifs is 1. The molecule has 1 aromatic heterocycles. The molecule has 0 saturated carbocycles. The molecule has 31 heavy (non-hydrogen) atoms. The van der Waals surface area contributed by atoms with Crippen molar-refractivity contribution in [1.82, 2.24) is 4.57 Å². The van der Waals surface area contributed by atoms with Crippen molar-refractivity contribution in [2.75, 3.05) is 14.2 Å². The van der Waals surface area contributed by atoms with Crippen LogP contribution in [-0.2, 0) is 9.53 Å². The highest BCUT2D eigenvalue weighted by molar-refractivity contribution is 7.07. The summed E-state index contributed by atoms with van der Waals surface area (Å²) < 4.78 is 12.1. The fourth-order valence-corrected chi connectivity index (χ4v) is 4.63. The smallest absolute Gasteiger partial charge is 0.338 e. The lowest BCUT2D eigenvalue weighted by molar-refractivity contribution is -0.136. The molecule has 0 bridgehead atoms. The van der Waals surface area contributed by atoms with E-state index in [4.69, 9.17) is 9.47 Å². The number of phenolic OH excluding ortho intramolecular Hbond substituents is 1. The maximum absolute atomic E-state index is 13.4. The van der Waals surface area contributed by atoms with E-state index in [-0.39, 0.29) is 11.3 Å². The van der Waals surface area contributed by atoms with Gasteiger partial charge in [-0.2, -0.15) is 0 Å². The van der Waals surface area contributed by atoms with Gasteiger partial charge >= 0.3 is 5.97 Å². The Bertz CT molecular complexity index is 1370. The third kappa shape index (κ3) is 3.66. The van der Waals surface area contributed by atoms with Crippen LogP contribution >= 0.6 is 11.3 Å². The molecule has 8 heteroatoms. The molecular weight excluding hydrogens is 416 g/mol. The number of rotatable bonds is 4. The van der Waals surface area contributed by atoms with Crippen molar-refractivity contribution >= 4 is 23.4 Å². The van der Waals surface area contributed by atoms with E-state index in [9.17, 15) is 14.7 Å². The second-order valence-corrected chi connectivity index (χ2v) is 7.92. The van der Waals surface area contributed by atoms with Crippen LogP contribution in [0.1, 0.15) is 24.1 Å². The van der Waals surface area contributed by atoms with Crippen molar-refractivity contribution < 1.29 is 19.4 Å². The van der Waals surface area contributed by atoms with E-state index in [1.54, 1.807) is 25.1 Å². The number of allylic oxidation sites excluding steroid dienone is 1. The lowest BCUT2D eigenvalue weighted by Gasteiger charge is -2.24. The molecule has 7 nitrogen and oxygen atoms in total. The van der Waals surface area contributed by atoms with Crippen LogP contribution in [0.25, 0.3) is 6.08 Å². The van der Waals surface area contributed by atoms with Gasteiger partial charge in [0.15, 0.2) is 16.3 Å². The number of nitrogens with zero attached hydrogens (tertiary/aromatic N) is 2. The third-order valence-electron chi connectivity index (χ3n) is 5.04. The van der Waals surface area contributed by atoms with Gasteiger partial charge in [0.25, 0.3) is 5.56 Å². The van der Waals surface area contributed by atoms with E-state index in [2.05, 4.69) is 4.99 Å². The number of carbonyl (C=O) groups is 1. The number of phenols is 1. The summed E-state index contributed by atoms with van der Waals surface area (Å²) in [6, 6.07) is 13.5. The van der Waals surface area contributed by atoms with Crippen LogP contribution in [0.3, 0.4) is 0 Å². The molecule has 0 spiro atoms. The summed E-state index contributed by atoms with van der Waals surface area (Å²) in [5, 5.41) is 9.82. The van der Waals surface area contributed by atoms with Crippen LogP contribution in [0.15, 0.2) is 69.6 Å². The highest BCUT2D eigenvalue weighted by Gasteiger charge is 2.32. The van der Waals surface area contributed by atoms with Gasteiger partial charge in [-0.05, 0) is 36.3 Å². The molecule has 0 radical (unpaired) electrons. The van der Waals surface area contributed by atoms with Gasteiger partial charge in [0, 0.05) is 0 Å². The first kappa shape index (κ1) is 20.6. The van der Waals surface area contributed by atoms with E-state index >= 15 is 0 Å². The summed E-state index contributed by atoms with van der Waals surface area (Å²) in [6.45, 7) is 1.74. The molecular formula is C23H20N2O5S. The highest BCUT2D eigenvalue weighted by Crippen LogP contribution is 2.30. The lowest BCUT2D eigenvalue weighted by Crippen LogP contribution is -2.39. The monoisotopic (exact) mass is 436 g/mol. The molecule has 1 unspecified atom stereocenters. The van der Waals surface area contributed by atoms with Crippen LogP contribution in [0, 0.1) is 0 Å². The first-order valence-electron chi connectivity index (χ1n) is 9.47. The van der Waals surface area contributed by atoms with Crippen LogP contribution in [-0.4, -0.2) is 29.9 Å². The molecule has 158 valence electrons. The number of aromatic hydroxyl groups is 1. The Labute approximate surface area is 181 Å². The molecule has 3 aromatic rings. The van der Waals surface area contributed by atoms with Gasteiger partial charge in [0.1, 0.15) is 0 Å². The summed E-state index contributed by atoms with van der Waals surface area (Å²) in [7, 11) is 2.78. The average Bonchev–Trinajstić information content (AvgIpc) is 3.08. The lowest BCUT2D eigenvalue weighted by atomic mass is 9.96. The molecule has 1 aliphatic rings. The van der Waals surface area contributed by atoms with Gasteiger partial charge in [-0.1, -0.05) is 47.7 Å². The number of thiazole rings is 1. The Hall–Kier alpha value is -3.65. The summed E-state index contributed by atoms with van der Waals surface area (Å²) in [6.07, 6.45) is 1.71. The van der Waals surface area contributed by atoms with E-state index in [1.165, 1.54) is 36.2 Å². The molecule has 0 aliphatic carbocycles. The van der Waals surface area contributed by atoms with Gasteiger partial charge in [-0.15, -0.1) is 0 Å². The predicted octanol–water partition coefficient (Wildman–Crippen LogP) is 2.12. The number of hydrogen-bond acceptors (Lipinski definition) is 7. The van der Waals surface area contributed by atoms with Crippen molar-refractivity contribution in [3.8, 4) is 11.5 Å². The minimum Gasteiger partial charge on any atom is -0.504 e. The molecule has 1 N–H and O–H groups in total. The van der Waals surface area contributed by atoms with Crippen molar-refractivity contribution in [3.63, 3.8) is 0 Å². The summed E-state index contributed by atoms with van der Waals surface area (Å²) in [4.78, 5) is 31.0. The zero-order chi connectivity index (χ0) is 22.1. The maximum atomic E-state index is 13.4. The Kier molecular flexibility index (Phi) is 5.48. The highest BCUT2D eigenvalue weighted by atomic mass is 32.1. The summed E-state index contributed by atoms with van der Waals surface area (Å²) in [5.41, 5.74) is 2.06.